The van der Waals surface area contributed by atoms with Crippen molar-refractivity contribution < 1.29 is 9.47 Å². The second-order valence-corrected chi connectivity index (χ2v) is 6.90. The van der Waals surface area contributed by atoms with Crippen molar-refractivity contribution in [1.82, 2.24) is 0 Å². The Morgan fingerprint density at radius 3 is 2.64 bits per heavy atom. The van der Waals surface area contributed by atoms with Crippen molar-refractivity contribution in [2.45, 2.75) is 38.7 Å². The van der Waals surface area contributed by atoms with Gasteiger partial charge in [0.15, 0.2) is 0 Å². The highest BCUT2D eigenvalue weighted by Crippen LogP contribution is 2.10. The SMILES string of the molecule is CCC(CCOCCS)OCCCSCCc1ccccc1. The van der Waals surface area contributed by atoms with Crippen LogP contribution in [0.4, 0.5) is 0 Å². The standard InChI is InChI=1S/C18H30O2S2/c1-2-18(9-12-19-13-14-21)20-11-6-15-22-16-10-17-7-4-3-5-8-17/h3-5,7-8,18,21H,2,6,9-16H2,1H3. The Labute approximate surface area is 145 Å². The monoisotopic (exact) mass is 342 g/mol. The number of hydrogen-bond acceptors (Lipinski definition) is 4. The summed E-state index contributed by atoms with van der Waals surface area (Å²) in [4.78, 5) is 0. The van der Waals surface area contributed by atoms with Crippen molar-refractivity contribution in [3.05, 3.63) is 35.9 Å². The highest BCUT2D eigenvalue weighted by atomic mass is 32.2. The lowest BCUT2D eigenvalue weighted by Gasteiger charge is -2.16. The van der Waals surface area contributed by atoms with Crippen molar-refractivity contribution in [2.24, 2.45) is 0 Å². The lowest BCUT2D eigenvalue weighted by molar-refractivity contribution is 0.0222. The van der Waals surface area contributed by atoms with E-state index in [0.717, 1.165) is 51.3 Å². The predicted octanol–water partition coefficient (Wildman–Crippen LogP) is 4.48. The number of ether oxygens (including phenoxy) is 2. The topological polar surface area (TPSA) is 18.5 Å². The van der Waals surface area contributed by atoms with Crippen LogP contribution in [0, 0.1) is 0 Å². The molecular formula is C18H30O2S2. The molecule has 22 heavy (non-hydrogen) atoms. The number of rotatable bonds is 14. The second-order valence-electron chi connectivity index (χ2n) is 5.23. The Morgan fingerprint density at radius 2 is 1.91 bits per heavy atom. The molecule has 0 aliphatic rings. The van der Waals surface area contributed by atoms with Crippen molar-refractivity contribution in [3.8, 4) is 0 Å². The third-order valence-corrected chi connectivity index (χ3v) is 4.69. The lowest BCUT2D eigenvalue weighted by atomic mass is 10.2. The van der Waals surface area contributed by atoms with Gasteiger partial charge in [0.25, 0.3) is 0 Å². The van der Waals surface area contributed by atoms with E-state index >= 15 is 0 Å². The van der Waals surface area contributed by atoms with Gasteiger partial charge in [0.1, 0.15) is 0 Å². The molecule has 0 spiro atoms. The van der Waals surface area contributed by atoms with Gasteiger partial charge in [0.05, 0.1) is 12.7 Å². The Kier molecular flexibility index (Phi) is 13.0. The maximum absolute atomic E-state index is 5.92. The van der Waals surface area contributed by atoms with Crippen LogP contribution >= 0.6 is 24.4 Å². The van der Waals surface area contributed by atoms with E-state index in [4.69, 9.17) is 9.47 Å². The maximum Gasteiger partial charge on any atom is 0.0594 e. The molecule has 0 aliphatic carbocycles. The predicted molar refractivity (Wildman–Crippen MR) is 101 cm³/mol. The summed E-state index contributed by atoms with van der Waals surface area (Å²) < 4.78 is 11.4. The first-order valence-corrected chi connectivity index (χ1v) is 10.1. The van der Waals surface area contributed by atoms with Crippen LogP contribution in [0.15, 0.2) is 30.3 Å². The minimum Gasteiger partial charge on any atom is -0.381 e. The van der Waals surface area contributed by atoms with Gasteiger partial charge >= 0.3 is 0 Å². The quantitative estimate of drug-likeness (QED) is 0.397. The van der Waals surface area contributed by atoms with Crippen LogP contribution in [-0.4, -0.2) is 43.2 Å². The first kappa shape index (κ1) is 19.9. The van der Waals surface area contributed by atoms with E-state index in [2.05, 4.69) is 49.9 Å². The van der Waals surface area contributed by atoms with Gasteiger partial charge in [-0.3, -0.25) is 0 Å². The molecular weight excluding hydrogens is 312 g/mol. The molecule has 0 saturated carbocycles. The average molecular weight is 343 g/mol. The van der Waals surface area contributed by atoms with Gasteiger partial charge in [-0.2, -0.15) is 24.4 Å². The number of thiol groups is 1. The molecule has 1 aromatic carbocycles. The molecule has 126 valence electrons. The summed E-state index contributed by atoms with van der Waals surface area (Å²) in [6, 6.07) is 10.7. The van der Waals surface area contributed by atoms with Crippen molar-refractivity contribution >= 4 is 24.4 Å². The molecule has 2 nitrogen and oxygen atoms in total. The van der Waals surface area contributed by atoms with E-state index in [1.54, 1.807) is 0 Å². The summed E-state index contributed by atoms with van der Waals surface area (Å²) in [5.74, 6) is 3.16. The Bertz CT molecular complexity index is 346. The fourth-order valence-electron chi connectivity index (χ4n) is 2.13. The zero-order valence-electron chi connectivity index (χ0n) is 13.7. The Hall–Kier alpha value is -0.160. The third kappa shape index (κ3) is 10.5. The van der Waals surface area contributed by atoms with Crippen LogP contribution in [0.5, 0.6) is 0 Å². The van der Waals surface area contributed by atoms with Crippen molar-refractivity contribution in [1.29, 1.82) is 0 Å². The van der Waals surface area contributed by atoms with Gasteiger partial charge in [0, 0.05) is 19.0 Å². The van der Waals surface area contributed by atoms with Crippen LogP contribution < -0.4 is 0 Å². The van der Waals surface area contributed by atoms with E-state index in [9.17, 15) is 0 Å². The summed E-state index contributed by atoms with van der Waals surface area (Å²) >= 11 is 6.15. The number of hydrogen-bond donors (Lipinski definition) is 1. The molecule has 0 aliphatic heterocycles. The molecule has 0 amide bonds. The number of benzene rings is 1. The normalized spacial score (nSPS) is 12.5. The minimum atomic E-state index is 0.342. The van der Waals surface area contributed by atoms with Crippen molar-refractivity contribution in [3.63, 3.8) is 0 Å². The summed E-state index contributed by atoms with van der Waals surface area (Å²) in [5, 5.41) is 0. The lowest BCUT2D eigenvalue weighted by Crippen LogP contribution is -2.16. The van der Waals surface area contributed by atoms with E-state index in [1.165, 1.54) is 17.1 Å². The van der Waals surface area contributed by atoms with Crippen LogP contribution in [0.3, 0.4) is 0 Å². The summed E-state index contributed by atoms with van der Waals surface area (Å²) in [7, 11) is 0. The molecule has 1 unspecified atom stereocenters. The Morgan fingerprint density at radius 1 is 1.09 bits per heavy atom. The second kappa shape index (κ2) is 14.4. The molecule has 1 rings (SSSR count). The molecule has 0 aromatic heterocycles. The van der Waals surface area contributed by atoms with E-state index in [-0.39, 0.29) is 0 Å². The van der Waals surface area contributed by atoms with E-state index in [1.807, 2.05) is 11.8 Å². The highest BCUT2D eigenvalue weighted by molar-refractivity contribution is 7.99. The molecule has 0 bridgehead atoms. The minimum absolute atomic E-state index is 0.342. The smallest absolute Gasteiger partial charge is 0.0594 e. The van der Waals surface area contributed by atoms with Gasteiger partial charge in [-0.15, -0.1) is 0 Å². The molecule has 0 fully saturated rings. The van der Waals surface area contributed by atoms with Crippen LogP contribution in [0.1, 0.15) is 31.7 Å². The van der Waals surface area contributed by atoms with Crippen molar-refractivity contribution in [2.75, 3.05) is 37.1 Å². The van der Waals surface area contributed by atoms with E-state index < -0.39 is 0 Å². The number of thioether (sulfide) groups is 1. The zero-order valence-corrected chi connectivity index (χ0v) is 15.4. The first-order chi connectivity index (χ1) is 10.9. The summed E-state index contributed by atoms with van der Waals surface area (Å²) in [5.41, 5.74) is 1.43. The fraction of sp³-hybridized carbons (Fsp3) is 0.667. The van der Waals surface area contributed by atoms with Gasteiger partial charge < -0.3 is 9.47 Å². The fourth-order valence-corrected chi connectivity index (χ4v) is 3.17. The van der Waals surface area contributed by atoms with Gasteiger partial charge in [-0.05, 0) is 42.8 Å². The maximum atomic E-state index is 5.92. The molecule has 0 N–H and O–H groups in total. The molecule has 0 heterocycles. The number of aryl methyl sites for hydroxylation is 1. The zero-order chi connectivity index (χ0) is 15.9. The van der Waals surface area contributed by atoms with E-state index in [0.29, 0.717) is 6.10 Å². The van der Waals surface area contributed by atoms with Gasteiger partial charge in [-0.25, -0.2) is 0 Å². The van der Waals surface area contributed by atoms with Crippen LogP contribution in [-0.2, 0) is 15.9 Å². The molecule has 0 radical (unpaired) electrons. The highest BCUT2D eigenvalue weighted by Gasteiger charge is 2.06. The summed E-state index contributed by atoms with van der Waals surface area (Å²) in [6.07, 6.45) is 4.69. The first-order valence-electron chi connectivity index (χ1n) is 8.28. The van der Waals surface area contributed by atoms with Gasteiger partial charge in [-0.1, -0.05) is 37.3 Å². The average Bonchev–Trinajstić information content (AvgIpc) is 2.56. The van der Waals surface area contributed by atoms with Gasteiger partial charge in [0.2, 0.25) is 0 Å². The van der Waals surface area contributed by atoms with Crippen LogP contribution in [0.2, 0.25) is 0 Å². The molecule has 4 heteroatoms. The summed E-state index contributed by atoms with van der Waals surface area (Å²) in [6.45, 7) is 4.56. The molecule has 0 saturated heterocycles. The molecule has 1 atom stereocenters. The van der Waals surface area contributed by atoms with Crippen LogP contribution in [0.25, 0.3) is 0 Å². The molecule has 1 aromatic rings. The Balaban J connectivity index is 1.93. The largest absolute Gasteiger partial charge is 0.381 e. The third-order valence-electron chi connectivity index (χ3n) is 3.44.